The van der Waals surface area contributed by atoms with Crippen LogP contribution in [0.15, 0.2) is 42.5 Å². The summed E-state index contributed by atoms with van der Waals surface area (Å²) < 4.78 is 22.4. The number of esters is 1. The van der Waals surface area contributed by atoms with Crippen LogP contribution in [-0.4, -0.2) is 66.0 Å². The maximum Gasteiger partial charge on any atom is 0.308 e. The number of ether oxygens (including phenoxy) is 4. The normalized spacial score (nSPS) is 16.1. The van der Waals surface area contributed by atoms with E-state index in [-0.39, 0.29) is 18.1 Å². The molecule has 4 atom stereocenters. The van der Waals surface area contributed by atoms with E-state index in [4.69, 9.17) is 18.9 Å². The first-order valence-electron chi connectivity index (χ1n) is 12.6. The topological polar surface area (TPSA) is 74.2 Å². The van der Waals surface area contributed by atoms with Crippen molar-refractivity contribution in [2.24, 2.45) is 0 Å². The maximum atomic E-state index is 12.1. The molecule has 0 fully saturated rings. The molecule has 0 radical (unpaired) electrons. The van der Waals surface area contributed by atoms with Crippen LogP contribution in [0.25, 0.3) is 0 Å². The first-order chi connectivity index (χ1) is 16.3. The summed E-state index contributed by atoms with van der Waals surface area (Å²) in [4.78, 5) is 12.1. The fraction of sp³-hybridized carbons (Fsp3) is 0.667. The number of aliphatic hydroxyl groups excluding tert-OH is 1. The lowest BCUT2D eigenvalue weighted by Gasteiger charge is -2.35. The summed E-state index contributed by atoms with van der Waals surface area (Å²) in [6, 6.07) is 10.9. The number of aliphatic hydroxyl groups is 1. The molecule has 35 heavy (non-hydrogen) atoms. The number of carbonyl (C=O) groups excluding carboxylic acids is 1. The van der Waals surface area contributed by atoms with E-state index in [2.05, 4.69) is 51.4 Å². The number of methoxy groups -OCH3 is 1. The van der Waals surface area contributed by atoms with Crippen LogP contribution < -0.4 is 0 Å². The van der Waals surface area contributed by atoms with Gasteiger partial charge in [-0.2, -0.15) is 0 Å². The van der Waals surface area contributed by atoms with Gasteiger partial charge in [0.2, 0.25) is 0 Å². The molecule has 200 valence electrons. The van der Waals surface area contributed by atoms with Crippen molar-refractivity contribution in [2.75, 3.05) is 20.5 Å². The molecule has 6 nitrogen and oxygen atoms in total. The Bertz CT molecular complexity index is 742. The maximum absolute atomic E-state index is 12.1. The van der Waals surface area contributed by atoms with Crippen LogP contribution >= 0.6 is 0 Å². The zero-order chi connectivity index (χ0) is 26.5. The minimum Gasteiger partial charge on any atom is -0.469 e. The summed E-state index contributed by atoms with van der Waals surface area (Å²) in [5, 5.41) is 11.4. The highest BCUT2D eigenvalue weighted by molar-refractivity contribution is 6.78. The Morgan fingerprint density at radius 2 is 1.71 bits per heavy atom. The molecule has 0 aliphatic heterocycles. The van der Waals surface area contributed by atoms with Gasteiger partial charge in [0.05, 0.1) is 46.5 Å². The largest absolute Gasteiger partial charge is 0.469 e. The number of hydrogen-bond donors (Lipinski definition) is 1. The highest BCUT2D eigenvalue weighted by Gasteiger charge is 2.37. The Kier molecular flexibility index (Phi) is 14.3. The van der Waals surface area contributed by atoms with Crippen LogP contribution in [0.1, 0.15) is 25.3 Å². The summed E-state index contributed by atoms with van der Waals surface area (Å²) in [5.41, 5.74) is 0.904. The molecule has 0 saturated carbocycles. The van der Waals surface area contributed by atoms with E-state index in [9.17, 15) is 9.90 Å². The zero-order valence-corrected chi connectivity index (χ0v) is 25.1. The van der Waals surface area contributed by atoms with E-state index in [0.29, 0.717) is 13.4 Å². The molecular weight excluding hydrogens is 476 g/mol. The van der Waals surface area contributed by atoms with Crippen molar-refractivity contribution in [3.8, 4) is 0 Å². The van der Waals surface area contributed by atoms with E-state index in [1.807, 2.05) is 37.3 Å². The Morgan fingerprint density at radius 1 is 1.06 bits per heavy atom. The fourth-order valence-corrected chi connectivity index (χ4v) is 6.25. The standard InChI is InChI=1S/C27H48O6Si2/c1-22(33-21-31-17-18-34(3,4)5)13-12-16-25(35(6,7)8)27(29)24(19-26(28)30-2)32-20-23-14-10-9-11-15-23/h9-12,14-16,22,24-25,27,29H,13,17-21H2,1-8H3/b16-12-/t22-,24+,25+,27-/m1/s1. The van der Waals surface area contributed by atoms with E-state index >= 15 is 0 Å². The van der Waals surface area contributed by atoms with Gasteiger partial charge in [-0.05, 0) is 25.0 Å². The van der Waals surface area contributed by atoms with Gasteiger partial charge in [-0.15, -0.1) is 0 Å². The average molecular weight is 525 g/mol. The highest BCUT2D eigenvalue weighted by Crippen LogP contribution is 2.31. The van der Waals surface area contributed by atoms with Gasteiger partial charge in [-0.1, -0.05) is 81.8 Å². The van der Waals surface area contributed by atoms with E-state index < -0.39 is 34.3 Å². The van der Waals surface area contributed by atoms with E-state index in [1.54, 1.807) is 0 Å². The lowest BCUT2D eigenvalue weighted by atomic mass is 10.1. The third-order valence-electron chi connectivity index (χ3n) is 5.89. The summed E-state index contributed by atoms with van der Waals surface area (Å²) in [6.07, 6.45) is 3.42. The predicted molar refractivity (Wildman–Crippen MR) is 148 cm³/mol. The lowest BCUT2D eigenvalue weighted by Crippen LogP contribution is -2.43. The molecule has 1 N–H and O–H groups in total. The Labute approximate surface area is 215 Å². The second-order valence-corrected chi connectivity index (χ2v) is 22.5. The molecule has 0 unspecified atom stereocenters. The molecule has 0 saturated heterocycles. The molecule has 1 rings (SSSR count). The van der Waals surface area contributed by atoms with Gasteiger partial charge >= 0.3 is 5.97 Å². The quantitative estimate of drug-likeness (QED) is 0.0903. The van der Waals surface area contributed by atoms with Crippen molar-refractivity contribution < 1.29 is 28.8 Å². The average Bonchev–Trinajstić information content (AvgIpc) is 2.77. The minimum atomic E-state index is -1.84. The lowest BCUT2D eigenvalue weighted by molar-refractivity contribution is -0.147. The molecule has 1 aromatic rings. The first-order valence-corrected chi connectivity index (χ1v) is 19.9. The Hall–Kier alpha value is -1.30. The van der Waals surface area contributed by atoms with E-state index in [0.717, 1.165) is 24.6 Å². The van der Waals surface area contributed by atoms with Crippen LogP contribution in [0, 0.1) is 0 Å². The third kappa shape index (κ3) is 14.1. The SMILES string of the molecule is COC(=O)C[C@H](OCc1ccccc1)[C@@H](O)[C@H](/C=C\C[C@@H](C)OCOCC[Si](C)(C)C)[Si](C)(C)C. The van der Waals surface area contributed by atoms with Gasteiger partial charge in [0.1, 0.15) is 6.79 Å². The monoisotopic (exact) mass is 524 g/mol. The van der Waals surface area contributed by atoms with Crippen molar-refractivity contribution in [1.29, 1.82) is 0 Å². The number of carbonyl (C=O) groups is 1. The van der Waals surface area contributed by atoms with Gasteiger partial charge in [0.25, 0.3) is 0 Å². The Morgan fingerprint density at radius 3 is 2.29 bits per heavy atom. The number of hydrogen-bond acceptors (Lipinski definition) is 6. The minimum absolute atomic E-state index is 0.00754. The van der Waals surface area contributed by atoms with Gasteiger partial charge in [0, 0.05) is 20.2 Å². The molecule has 0 bridgehead atoms. The van der Waals surface area contributed by atoms with Crippen LogP contribution in [0.4, 0.5) is 0 Å². The van der Waals surface area contributed by atoms with Crippen molar-refractivity contribution >= 4 is 22.1 Å². The summed E-state index contributed by atoms with van der Waals surface area (Å²) in [5.74, 6) is -0.392. The van der Waals surface area contributed by atoms with Crippen molar-refractivity contribution in [3.63, 3.8) is 0 Å². The van der Waals surface area contributed by atoms with Gasteiger partial charge in [-0.3, -0.25) is 4.79 Å². The molecule has 0 heterocycles. The molecular formula is C27H48O6Si2. The number of benzene rings is 1. The van der Waals surface area contributed by atoms with Gasteiger partial charge in [0.15, 0.2) is 0 Å². The summed E-state index contributed by atoms with van der Waals surface area (Å²) in [6.45, 7) is 17.0. The third-order valence-corrected chi connectivity index (χ3v) is 10.1. The molecule has 1 aromatic carbocycles. The van der Waals surface area contributed by atoms with E-state index in [1.165, 1.54) is 7.11 Å². The predicted octanol–water partition coefficient (Wildman–Crippen LogP) is 5.87. The smallest absolute Gasteiger partial charge is 0.308 e. The van der Waals surface area contributed by atoms with Crippen molar-refractivity contribution in [3.05, 3.63) is 48.0 Å². The van der Waals surface area contributed by atoms with Crippen molar-refractivity contribution in [2.45, 2.75) is 95.6 Å². The molecule has 8 heteroatoms. The molecule has 0 aliphatic carbocycles. The van der Waals surface area contributed by atoms with Crippen LogP contribution in [0.5, 0.6) is 0 Å². The van der Waals surface area contributed by atoms with Crippen LogP contribution in [-0.2, 0) is 30.3 Å². The van der Waals surface area contributed by atoms with Gasteiger partial charge < -0.3 is 24.1 Å². The molecule has 0 aromatic heterocycles. The fourth-order valence-electron chi connectivity index (χ4n) is 3.54. The zero-order valence-electron chi connectivity index (χ0n) is 23.1. The molecule has 0 spiro atoms. The second-order valence-electron chi connectivity index (χ2n) is 11.5. The Balaban J connectivity index is 2.74. The first kappa shape index (κ1) is 31.7. The number of rotatable bonds is 17. The summed E-state index contributed by atoms with van der Waals surface area (Å²) >= 11 is 0. The van der Waals surface area contributed by atoms with Gasteiger partial charge in [-0.25, -0.2) is 0 Å². The second kappa shape index (κ2) is 15.7. The van der Waals surface area contributed by atoms with Crippen LogP contribution in [0.3, 0.4) is 0 Å². The van der Waals surface area contributed by atoms with Crippen molar-refractivity contribution in [1.82, 2.24) is 0 Å². The van der Waals surface area contributed by atoms with Crippen LogP contribution in [0.2, 0.25) is 50.9 Å². The summed E-state index contributed by atoms with van der Waals surface area (Å²) in [7, 11) is -1.58. The molecule has 0 amide bonds. The highest BCUT2D eigenvalue weighted by atomic mass is 28.3. The molecule has 0 aliphatic rings.